The Morgan fingerprint density at radius 3 is 2.27 bits per heavy atom. The van der Waals surface area contributed by atoms with Crippen molar-refractivity contribution >= 4 is 23.1 Å². The number of halogens is 1. The predicted molar refractivity (Wildman–Crippen MR) is 125 cm³/mol. The van der Waals surface area contributed by atoms with Gasteiger partial charge in [-0.1, -0.05) is 12.1 Å². The van der Waals surface area contributed by atoms with Gasteiger partial charge in [0.1, 0.15) is 23.1 Å². The van der Waals surface area contributed by atoms with Crippen molar-refractivity contribution in [3.63, 3.8) is 0 Å². The van der Waals surface area contributed by atoms with Crippen LogP contribution in [0.4, 0.5) is 21.6 Å². The minimum Gasteiger partial charge on any atom is -0.497 e. The number of ether oxygens (including phenoxy) is 2. The highest BCUT2D eigenvalue weighted by molar-refractivity contribution is 6.04. The van der Waals surface area contributed by atoms with Crippen molar-refractivity contribution in [1.29, 1.82) is 0 Å². The van der Waals surface area contributed by atoms with Gasteiger partial charge in [-0.2, -0.15) is 0 Å². The van der Waals surface area contributed by atoms with Gasteiger partial charge in [-0.25, -0.2) is 14.4 Å². The third-order valence-corrected chi connectivity index (χ3v) is 4.77. The van der Waals surface area contributed by atoms with Crippen LogP contribution in [0.5, 0.6) is 11.5 Å². The fraction of sp³-hybridized carbons (Fsp3) is 0.0800. The summed E-state index contributed by atoms with van der Waals surface area (Å²) in [5.41, 5.74) is 2.35. The average Bonchev–Trinajstić information content (AvgIpc) is 2.84. The number of nitrogens with zero attached hydrogens (tertiary/aromatic N) is 2. The molecule has 166 valence electrons. The molecule has 0 fully saturated rings. The van der Waals surface area contributed by atoms with Crippen LogP contribution in [0.25, 0.3) is 11.4 Å². The zero-order valence-electron chi connectivity index (χ0n) is 18.0. The Hall–Kier alpha value is -4.46. The lowest BCUT2D eigenvalue weighted by Crippen LogP contribution is -2.12. The molecule has 3 aromatic carbocycles. The molecule has 0 spiro atoms. The van der Waals surface area contributed by atoms with Crippen molar-refractivity contribution in [1.82, 2.24) is 9.97 Å². The number of hydrogen-bond donors (Lipinski definition) is 2. The molecule has 1 heterocycles. The summed E-state index contributed by atoms with van der Waals surface area (Å²) in [5, 5.41) is 6.00. The topological polar surface area (TPSA) is 85.4 Å². The van der Waals surface area contributed by atoms with E-state index in [0.29, 0.717) is 40.0 Å². The van der Waals surface area contributed by atoms with E-state index >= 15 is 0 Å². The molecule has 7 nitrogen and oxygen atoms in total. The van der Waals surface area contributed by atoms with Crippen molar-refractivity contribution < 1.29 is 18.7 Å². The maximum absolute atomic E-state index is 13.5. The number of nitrogens with one attached hydrogen (secondary N) is 2. The van der Waals surface area contributed by atoms with Crippen LogP contribution in [0.3, 0.4) is 0 Å². The third kappa shape index (κ3) is 5.43. The maximum atomic E-state index is 13.5. The summed E-state index contributed by atoms with van der Waals surface area (Å²) in [7, 11) is 3.09. The summed E-state index contributed by atoms with van der Waals surface area (Å²) in [6.07, 6.45) is 1.60. The highest BCUT2D eigenvalue weighted by atomic mass is 19.1. The molecule has 4 aromatic rings. The van der Waals surface area contributed by atoms with Crippen LogP contribution >= 0.6 is 0 Å². The van der Waals surface area contributed by atoms with Crippen molar-refractivity contribution in [3.05, 3.63) is 90.4 Å². The molecule has 2 N–H and O–H groups in total. The molecule has 33 heavy (non-hydrogen) atoms. The van der Waals surface area contributed by atoms with Crippen LogP contribution < -0.4 is 20.1 Å². The second-order valence-electron chi connectivity index (χ2n) is 7.03. The summed E-state index contributed by atoms with van der Waals surface area (Å²) in [6.45, 7) is 0. The number of carbonyl (C=O) groups is 1. The van der Waals surface area contributed by atoms with Gasteiger partial charge in [0.15, 0.2) is 5.82 Å². The van der Waals surface area contributed by atoms with Crippen LogP contribution in [0, 0.1) is 5.82 Å². The Balaban J connectivity index is 1.46. The van der Waals surface area contributed by atoms with Gasteiger partial charge in [0.2, 0.25) is 0 Å². The van der Waals surface area contributed by atoms with Crippen LogP contribution in [0.1, 0.15) is 10.4 Å². The minimum absolute atomic E-state index is 0.271. The largest absolute Gasteiger partial charge is 0.497 e. The van der Waals surface area contributed by atoms with E-state index < -0.39 is 0 Å². The molecule has 0 aliphatic carbocycles. The quantitative estimate of drug-likeness (QED) is 0.403. The average molecular weight is 444 g/mol. The Labute approximate surface area is 190 Å². The van der Waals surface area contributed by atoms with Crippen LogP contribution in [-0.2, 0) is 0 Å². The highest BCUT2D eigenvalue weighted by Crippen LogP contribution is 2.26. The van der Waals surface area contributed by atoms with E-state index in [2.05, 4.69) is 20.6 Å². The molecule has 0 saturated heterocycles. The first-order valence-electron chi connectivity index (χ1n) is 10.0. The molecule has 1 amide bonds. The number of anilines is 3. The summed E-state index contributed by atoms with van der Waals surface area (Å²) in [4.78, 5) is 21.3. The van der Waals surface area contributed by atoms with Gasteiger partial charge in [-0.05, 0) is 42.5 Å². The monoisotopic (exact) mass is 444 g/mol. The molecule has 4 rings (SSSR count). The van der Waals surface area contributed by atoms with E-state index in [1.807, 2.05) is 0 Å². The van der Waals surface area contributed by atoms with E-state index in [1.165, 1.54) is 12.1 Å². The lowest BCUT2D eigenvalue weighted by atomic mass is 10.2. The molecule has 0 saturated carbocycles. The van der Waals surface area contributed by atoms with E-state index in [1.54, 1.807) is 81.1 Å². The first-order chi connectivity index (χ1) is 16.0. The minimum atomic E-state index is -0.351. The van der Waals surface area contributed by atoms with Gasteiger partial charge in [0, 0.05) is 46.9 Å². The van der Waals surface area contributed by atoms with Crippen molar-refractivity contribution in [2.24, 2.45) is 0 Å². The fourth-order valence-electron chi connectivity index (χ4n) is 3.13. The number of benzene rings is 3. The molecular formula is C25H21FN4O3. The van der Waals surface area contributed by atoms with Gasteiger partial charge in [0.05, 0.1) is 14.2 Å². The molecule has 8 heteroatoms. The zero-order chi connectivity index (χ0) is 23.2. The summed E-state index contributed by atoms with van der Waals surface area (Å²) < 4.78 is 24.0. The molecule has 0 unspecified atom stereocenters. The third-order valence-electron chi connectivity index (χ3n) is 4.77. The second kappa shape index (κ2) is 9.78. The molecule has 0 atom stereocenters. The van der Waals surface area contributed by atoms with Crippen LogP contribution in [0.15, 0.2) is 79.0 Å². The number of hydrogen-bond acceptors (Lipinski definition) is 6. The van der Waals surface area contributed by atoms with E-state index in [0.717, 1.165) is 5.69 Å². The summed E-state index contributed by atoms with van der Waals surface area (Å²) in [5.74, 6) is 1.48. The van der Waals surface area contributed by atoms with E-state index in [-0.39, 0.29) is 11.7 Å². The number of rotatable bonds is 7. The first kappa shape index (κ1) is 21.8. The van der Waals surface area contributed by atoms with Gasteiger partial charge in [-0.3, -0.25) is 4.79 Å². The van der Waals surface area contributed by atoms with Crippen LogP contribution in [0.2, 0.25) is 0 Å². The van der Waals surface area contributed by atoms with Gasteiger partial charge in [-0.15, -0.1) is 0 Å². The SMILES string of the molecule is COc1cc(NC(=O)c2ccc(Nc3ccnc(-c4cccc(F)c4)n3)cc2)cc(OC)c1. The lowest BCUT2D eigenvalue weighted by Gasteiger charge is -2.11. The number of amides is 1. The van der Waals surface area contributed by atoms with Gasteiger partial charge >= 0.3 is 0 Å². The summed E-state index contributed by atoms with van der Waals surface area (Å²) in [6, 6.07) is 19.9. The summed E-state index contributed by atoms with van der Waals surface area (Å²) >= 11 is 0. The van der Waals surface area contributed by atoms with E-state index in [9.17, 15) is 9.18 Å². The lowest BCUT2D eigenvalue weighted by molar-refractivity contribution is 0.102. The van der Waals surface area contributed by atoms with Crippen molar-refractivity contribution in [2.75, 3.05) is 24.9 Å². The first-order valence-corrected chi connectivity index (χ1v) is 10.0. The maximum Gasteiger partial charge on any atom is 0.255 e. The van der Waals surface area contributed by atoms with E-state index in [4.69, 9.17) is 9.47 Å². The zero-order valence-corrected chi connectivity index (χ0v) is 18.0. The highest BCUT2D eigenvalue weighted by Gasteiger charge is 2.10. The number of aromatic nitrogens is 2. The molecular weight excluding hydrogens is 423 g/mol. The fourth-order valence-corrected chi connectivity index (χ4v) is 3.13. The predicted octanol–water partition coefficient (Wildman–Crippen LogP) is 5.30. The van der Waals surface area contributed by atoms with Crippen molar-refractivity contribution in [3.8, 4) is 22.9 Å². The Kier molecular flexibility index (Phi) is 6.45. The second-order valence-corrected chi connectivity index (χ2v) is 7.03. The molecule has 0 aliphatic rings. The Morgan fingerprint density at radius 1 is 0.879 bits per heavy atom. The molecule has 0 aliphatic heterocycles. The van der Waals surface area contributed by atoms with Crippen molar-refractivity contribution in [2.45, 2.75) is 0 Å². The molecule has 0 bridgehead atoms. The Bertz CT molecular complexity index is 1260. The normalized spacial score (nSPS) is 10.4. The molecule has 0 radical (unpaired) electrons. The Morgan fingerprint density at radius 2 is 1.61 bits per heavy atom. The van der Waals surface area contributed by atoms with Gasteiger partial charge in [0.25, 0.3) is 5.91 Å². The number of carbonyl (C=O) groups excluding carboxylic acids is 1. The smallest absolute Gasteiger partial charge is 0.255 e. The standard InChI is InChI=1S/C25H21FN4O3/c1-32-21-13-20(14-22(15-21)33-2)29-25(31)16-6-8-19(9-7-16)28-23-10-11-27-24(30-23)17-4-3-5-18(26)12-17/h3-15H,1-2H3,(H,29,31)(H,27,28,30). The number of methoxy groups -OCH3 is 2. The van der Waals surface area contributed by atoms with Gasteiger partial charge < -0.3 is 20.1 Å². The van der Waals surface area contributed by atoms with Crippen LogP contribution in [-0.4, -0.2) is 30.1 Å². The molecule has 1 aromatic heterocycles.